The van der Waals surface area contributed by atoms with Crippen molar-refractivity contribution in [2.75, 3.05) is 61.9 Å². The Morgan fingerprint density at radius 3 is 2.42 bits per heavy atom. The summed E-state index contributed by atoms with van der Waals surface area (Å²) in [6, 6.07) is 5.73. The van der Waals surface area contributed by atoms with Crippen LogP contribution in [0, 0.1) is 6.92 Å². The zero-order chi connectivity index (χ0) is 24.1. The smallest absolute Gasteiger partial charge is 0.332 e. The van der Waals surface area contributed by atoms with Crippen LogP contribution in [-0.4, -0.2) is 66.3 Å². The van der Waals surface area contributed by atoms with Crippen molar-refractivity contribution in [1.82, 2.24) is 14.0 Å². The molecule has 10 heteroatoms. The summed E-state index contributed by atoms with van der Waals surface area (Å²) >= 11 is 0. The fourth-order valence-corrected chi connectivity index (χ4v) is 4.20. The van der Waals surface area contributed by atoms with E-state index in [9.17, 15) is 14.4 Å². The van der Waals surface area contributed by atoms with Crippen molar-refractivity contribution in [1.29, 1.82) is 0 Å². The lowest BCUT2D eigenvalue weighted by molar-refractivity contribution is -0.114. The highest BCUT2D eigenvalue weighted by Gasteiger charge is 2.20. The van der Waals surface area contributed by atoms with Crippen LogP contribution in [0.5, 0.6) is 5.75 Å². The van der Waals surface area contributed by atoms with Crippen LogP contribution < -0.4 is 31.5 Å². The number of anilines is 3. The highest BCUT2D eigenvalue weighted by atomic mass is 16.5. The molecule has 2 aromatic rings. The molecule has 1 aliphatic rings. The van der Waals surface area contributed by atoms with Gasteiger partial charge in [0.05, 0.1) is 18.4 Å². The molecule has 0 radical (unpaired) electrons. The Hall–Kier alpha value is -3.27. The Labute approximate surface area is 193 Å². The second-order valence-corrected chi connectivity index (χ2v) is 8.36. The number of nitrogens with one attached hydrogen (secondary N) is 2. The van der Waals surface area contributed by atoms with E-state index in [4.69, 9.17) is 4.74 Å². The standard InChI is InChI=1S/C23H34N6O4/c1-16-21(26(3)23(32)27(4)22(16)31)24-9-6-10-28-11-13-29(14-12-28)19-8-7-18(25-17(2)30)15-20(19)33-5/h7-8,15,24H,6,9-14H2,1-5H3,(H,25,30). The van der Waals surface area contributed by atoms with E-state index >= 15 is 0 Å². The van der Waals surface area contributed by atoms with Gasteiger partial charge in [0.15, 0.2) is 0 Å². The molecule has 1 amide bonds. The molecule has 0 bridgehead atoms. The Morgan fingerprint density at radius 2 is 1.79 bits per heavy atom. The van der Waals surface area contributed by atoms with Crippen molar-refractivity contribution < 1.29 is 9.53 Å². The minimum absolute atomic E-state index is 0.111. The van der Waals surface area contributed by atoms with E-state index in [1.54, 1.807) is 21.1 Å². The molecule has 180 valence electrons. The van der Waals surface area contributed by atoms with Crippen molar-refractivity contribution in [3.05, 3.63) is 44.6 Å². The summed E-state index contributed by atoms with van der Waals surface area (Å²) in [6.45, 7) is 8.45. The predicted molar refractivity (Wildman–Crippen MR) is 131 cm³/mol. The Balaban J connectivity index is 1.50. The third-order valence-electron chi connectivity index (χ3n) is 6.05. The van der Waals surface area contributed by atoms with Gasteiger partial charge in [0.25, 0.3) is 5.56 Å². The number of aromatic nitrogens is 2. The number of carbonyl (C=O) groups excluding carboxylic acids is 1. The van der Waals surface area contributed by atoms with Crippen LogP contribution in [0.25, 0.3) is 0 Å². The maximum Gasteiger partial charge on any atom is 0.332 e. The predicted octanol–water partition coefficient (Wildman–Crippen LogP) is 0.984. The lowest BCUT2D eigenvalue weighted by atomic mass is 10.2. The number of nitrogens with zero attached hydrogens (tertiary/aromatic N) is 4. The Bertz CT molecular complexity index is 1080. The number of rotatable bonds is 8. The molecule has 0 saturated carbocycles. The maximum atomic E-state index is 12.2. The van der Waals surface area contributed by atoms with Gasteiger partial charge in [-0.3, -0.25) is 23.6 Å². The highest BCUT2D eigenvalue weighted by molar-refractivity contribution is 5.89. The summed E-state index contributed by atoms with van der Waals surface area (Å²) in [4.78, 5) is 40.3. The van der Waals surface area contributed by atoms with E-state index in [0.717, 1.165) is 60.8 Å². The second-order valence-electron chi connectivity index (χ2n) is 8.36. The van der Waals surface area contributed by atoms with Crippen LogP contribution in [0.3, 0.4) is 0 Å². The van der Waals surface area contributed by atoms with E-state index in [1.165, 1.54) is 18.5 Å². The van der Waals surface area contributed by atoms with E-state index < -0.39 is 0 Å². The Kier molecular flexibility index (Phi) is 7.80. The Morgan fingerprint density at radius 1 is 1.09 bits per heavy atom. The van der Waals surface area contributed by atoms with Crippen molar-refractivity contribution in [2.24, 2.45) is 14.1 Å². The third-order valence-corrected chi connectivity index (χ3v) is 6.05. The average Bonchev–Trinajstić information content (AvgIpc) is 2.81. The number of methoxy groups -OCH3 is 1. The molecule has 1 aliphatic heterocycles. The van der Waals surface area contributed by atoms with Crippen molar-refractivity contribution in [3.8, 4) is 5.75 Å². The number of piperazine rings is 1. The topological polar surface area (TPSA) is 101 Å². The second kappa shape index (κ2) is 10.6. The van der Waals surface area contributed by atoms with E-state index in [2.05, 4.69) is 20.4 Å². The quantitative estimate of drug-likeness (QED) is 0.569. The van der Waals surface area contributed by atoms with Gasteiger partial charge in [-0.2, -0.15) is 0 Å². The molecule has 1 saturated heterocycles. The molecule has 0 atom stereocenters. The fourth-order valence-electron chi connectivity index (χ4n) is 4.20. The molecule has 3 rings (SSSR count). The van der Waals surface area contributed by atoms with Gasteiger partial charge in [0, 0.05) is 65.5 Å². The average molecular weight is 459 g/mol. The van der Waals surface area contributed by atoms with Crippen LogP contribution in [0.15, 0.2) is 27.8 Å². The fraction of sp³-hybridized carbons (Fsp3) is 0.522. The first-order valence-electron chi connectivity index (χ1n) is 11.2. The minimum atomic E-state index is -0.329. The summed E-state index contributed by atoms with van der Waals surface area (Å²) < 4.78 is 8.16. The summed E-state index contributed by atoms with van der Waals surface area (Å²) in [7, 11) is 4.81. The van der Waals surface area contributed by atoms with E-state index in [0.29, 0.717) is 17.9 Å². The van der Waals surface area contributed by atoms with Crippen molar-refractivity contribution in [2.45, 2.75) is 20.3 Å². The first-order valence-corrected chi connectivity index (χ1v) is 11.2. The van der Waals surface area contributed by atoms with Gasteiger partial charge in [-0.05, 0) is 32.0 Å². The number of benzene rings is 1. The van der Waals surface area contributed by atoms with Gasteiger partial charge in [-0.1, -0.05) is 0 Å². The molecule has 1 aromatic heterocycles. The molecule has 0 spiro atoms. The molecule has 1 aromatic carbocycles. The lowest BCUT2D eigenvalue weighted by Crippen LogP contribution is -2.47. The molecule has 2 N–H and O–H groups in total. The zero-order valence-corrected chi connectivity index (χ0v) is 20.1. The monoisotopic (exact) mass is 458 g/mol. The lowest BCUT2D eigenvalue weighted by Gasteiger charge is -2.36. The number of carbonyl (C=O) groups is 1. The van der Waals surface area contributed by atoms with E-state index in [1.807, 2.05) is 18.2 Å². The van der Waals surface area contributed by atoms with Gasteiger partial charge < -0.3 is 20.3 Å². The molecular weight excluding hydrogens is 424 g/mol. The highest BCUT2D eigenvalue weighted by Crippen LogP contribution is 2.32. The molecule has 0 aliphatic carbocycles. The van der Waals surface area contributed by atoms with E-state index in [-0.39, 0.29) is 17.2 Å². The third kappa shape index (κ3) is 5.57. The van der Waals surface area contributed by atoms with Gasteiger partial charge in [0.1, 0.15) is 11.6 Å². The van der Waals surface area contributed by atoms with Crippen molar-refractivity contribution >= 4 is 23.1 Å². The molecule has 33 heavy (non-hydrogen) atoms. The summed E-state index contributed by atoms with van der Waals surface area (Å²) in [5, 5.41) is 6.05. The van der Waals surface area contributed by atoms with Gasteiger partial charge in [-0.25, -0.2) is 4.79 Å². The van der Waals surface area contributed by atoms with Crippen molar-refractivity contribution in [3.63, 3.8) is 0 Å². The molecule has 2 heterocycles. The maximum absolute atomic E-state index is 12.2. The molecule has 10 nitrogen and oxygen atoms in total. The normalized spacial score (nSPS) is 14.3. The number of ether oxygens (including phenoxy) is 1. The largest absolute Gasteiger partial charge is 0.495 e. The molecular formula is C23H34N6O4. The van der Waals surface area contributed by atoms with Crippen LogP contribution in [-0.2, 0) is 18.9 Å². The summed E-state index contributed by atoms with van der Waals surface area (Å²) in [5.41, 5.74) is 1.70. The van der Waals surface area contributed by atoms with Gasteiger partial charge in [0.2, 0.25) is 5.91 Å². The SMILES string of the molecule is COc1cc(NC(C)=O)ccc1N1CCN(CCCNc2c(C)c(=O)n(C)c(=O)n2C)CC1. The first kappa shape index (κ1) is 24.4. The zero-order valence-electron chi connectivity index (χ0n) is 20.1. The van der Waals surface area contributed by atoms with Crippen LogP contribution >= 0.6 is 0 Å². The van der Waals surface area contributed by atoms with Gasteiger partial charge in [-0.15, -0.1) is 0 Å². The number of hydrogen-bond donors (Lipinski definition) is 2. The molecule has 1 fully saturated rings. The van der Waals surface area contributed by atoms with Gasteiger partial charge >= 0.3 is 5.69 Å². The number of amides is 1. The summed E-state index contributed by atoms with van der Waals surface area (Å²) in [6.07, 6.45) is 0.900. The first-order chi connectivity index (χ1) is 15.7. The van der Waals surface area contributed by atoms with Crippen LogP contribution in [0.1, 0.15) is 18.9 Å². The van der Waals surface area contributed by atoms with Crippen LogP contribution in [0.2, 0.25) is 0 Å². The summed E-state index contributed by atoms with van der Waals surface area (Å²) in [5.74, 6) is 1.22. The number of hydrogen-bond acceptors (Lipinski definition) is 7. The molecule has 0 unspecified atom stereocenters. The minimum Gasteiger partial charge on any atom is -0.495 e. The van der Waals surface area contributed by atoms with Crippen LogP contribution in [0.4, 0.5) is 17.2 Å².